The molecule has 0 spiro atoms. The third kappa shape index (κ3) is 5.69. The molecule has 10 nitrogen and oxygen atoms in total. The van der Waals surface area contributed by atoms with Crippen molar-refractivity contribution < 1.29 is 23.9 Å². The number of carbonyl (C=O) groups is 1. The van der Waals surface area contributed by atoms with E-state index in [1.807, 2.05) is 18.7 Å². The van der Waals surface area contributed by atoms with Crippen LogP contribution in [0.5, 0.6) is 11.5 Å². The molecule has 210 valence electrons. The number of hydrogen-bond acceptors (Lipinski definition) is 9. The number of nitrogens with two attached hydrogens (primary N) is 1. The number of allylic oxidation sites excluding steroid dienone is 3. The van der Waals surface area contributed by atoms with Crippen LogP contribution in [0.1, 0.15) is 43.7 Å². The first kappa shape index (κ1) is 29.1. The molecule has 1 atom stereocenters. The summed E-state index contributed by atoms with van der Waals surface area (Å²) in [6.45, 7) is 4.95. The lowest BCUT2D eigenvalue weighted by Gasteiger charge is -2.43. The molecule has 0 radical (unpaired) electrons. The van der Waals surface area contributed by atoms with Crippen molar-refractivity contribution in [3.8, 4) is 17.6 Å². The number of non-ortho nitro benzene ring substituents is 1. The van der Waals surface area contributed by atoms with Gasteiger partial charge in [0, 0.05) is 43.5 Å². The van der Waals surface area contributed by atoms with Gasteiger partial charge < -0.3 is 24.8 Å². The van der Waals surface area contributed by atoms with E-state index in [1.165, 1.54) is 19.2 Å². The Hall–Kier alpha value is -3.88. The molecule has 2 N–H and O–H groups in total. The van der Waals surface area contributed by atoms with Gasteiger partial charge in [0.2, 0.25) is 0 Å². The van der Waals surface area contributed by atoms with Crippen molar-refractivity contribution in [1.29, 1.82) is 5.26 Å². The largest absolute Gasteiger partial charge is 0.493 e. The predicted octanol–water partition coefficient (Wildman–Crippen LogP) is 5.33. The van der Waals surface area contributed by atoms with Crippen molar-refractivity contribution in [2.45, 2.75) is 39.2 Å². The van der Waals surface area contributed by atoms with Gasteiger partial charge in [-0.1, -0.05) is 26.0 Å². The van der Waals surface area contributed by atoms with Gasteiger partial charge in [0.1, 0.15) is 12.4 Å². The van der Waals surface area contributed by atoms with Crippen LogP contribution in [0, 0.1) is 26.9 Å². The number of ether oxygens (including phenoxy) is 3. The number of Topliss-reactive ketones (excluding diaryl/α,β-unsaturated/α-hetero) is 1. The quantitative estimate of drug-likeness (QED) is 0.294. The fourth-order valence-corrected chi connectivity index (χ4v) is 5.88. The highest BCUT2D eigenvalue weighted by Crippen LogP contribution is 2.50. The number of methoxy groups -OCH3 is 2. The topological polar surface area (TPSA) is 141 Å². The van der Waals surface area contributed by atoms with E-state index in [1.54, 1.807) is 31.4 Å². The van der Waals surface area contributed by atoms with Crippen LogP contribution in [-0.4, -0.2) is 43.0 Å². The van der Waals surface area contributed by atoms with Crippen molar-refractivity contribution >= 4 is 27.4 Å². The number of hydrogen-bond donors (Lipinski definition) is 1. The summed E-state index contributed by atoms with van der Waals surface area (Å²) >= 11 is 3.57. The summed E-state index contributed by atoms with van der Waals surface area (Å²) in [7, 11) is 3.09. The number of nitriles is 1. The molecule has 0 bridgehead atoms. The van der Waals surface area contributed by atoms with Gasteiger partial charge in [-0.15, -0.1) is 0 Å². The smallest absolute Gasteiger partial charge is 0.269 e. The molecule has 0 unspecified atom stereocenters. The average molecular weight is 611 g/mol. The highest BCUT2D eigenvalue weighted by Gasteiger charge is 2.44. The Morgan fingerprint density at radius 1 is 1.25 bits per heavy atom. The Balaban J connectivity index is 1.78. The van der Waals surface area contributed by atoms with Gasteiger partial charge in [0.05, 0.1) is 40.7 Å². The summed E-state index contributed by atoms with van der Waals surface area (Å²) in [5.41, 5.74) is 9.21. The molecule has 2 aromatic carbocycles. The molecule has 1 aliphatic carbocycles. The standard InChI is InChI=1S/C29H31BrN4O6/c1-29(2)13-22-26(23(35)14-29)25(20(15-31)28(32)33(22)8-9-38-3)18-11-21(30)27(24(12-18)39-4)40-16-17-6-5-7-19(10-17)34(36)37/h5-7,10-12,25H,8-9,13-14,16,32H2,1-4H3/t25-/m1/s1. The van der Waals surface area contributed by atoms with Gasteiger partial charge in [-0.2, -0.15) is 5.26 Å². The molecule has 1 heterocycles. The second-order valence-corrected chi connectivity index (χ2v) is 11.4. The van der Waals surface area contributed by atoms with E-state index in [4.69, 9.17) is 19.9 Å². The SMILES string of the molecule is COCCN1C(N)=C(C#N)[C@@H](c2cc(Br)c(OCc3cccc([N+](=O)[O-])c3)c(OC)c2)C2=C1CC(C)(C)CC2=O. The third-order valence-corrected chi connectivity index (χ3v) is 7.68. The molecule has 0 saturated heterocycles. The molecule has 2 aliphatic rings. The fraction of sp³-hybridized carbons (Fsp3) is 0.379. The van der Waals surface area contributed by atoms with Gasteiger partial charge in [-0.25, -0.2) is 0 Å². The van der Waals surface area contributed by atoms with Crippen LogP contribution in [0.25, 0.3) is 0 Å². The lowest BCUT2D eigenvalue weighted by Crippen LogP contribution is -2.43. The lowest BCUT2D eigenvalue weighted by atomic mass is 9.68. The van der Waals surface area contributed by atoms with E-state index in [9.17, 15) is 20.2 Å². The fourth-order valence-electron chi connectivity index (χ4n) is 5.31. The summed E-state index contributed by atoms with van der Waals surface area (Å²) in [5.74, 6) is 0.350. The van der Waals surface area contributed by atoms with Crippen LogP contribution in [-0.2, 0) is 16.1 Å². The first-order valence-electron chi connectivity index (χ1n) is 12.7. The van der Waals surface area contributed by atoms with Crippen molar-refractivity contribution in [3.05, 3.63) is 84.8 Å². The second-order valence-electron chi connectivity index (χ2n) is 10.5. The summed E-state index contributed by atoms with van der Waals surface area (Å²) in [5, 5.41) is 21.4. The van der Waals surface area contributed by atoms with Crippen molar-refractivity contribution in [1.82, 2.24) is 4.90 Å². The number of nitro groups is 1. The summed E-state index contributed by atoms with van der Waals surface area (Å²) in [6, 6.07) is 12.0. The molecular weight excluding hydrogens is 580 g/mol. The van der Waals surface area contributed by atoms with Crippen molar-refractivity contribution in [2.75, 3.05) is 27.4 Å². The number of benzene rings is 2. The monoisotopic (exact) mass is 610 g/mol. The van der Waals surface area contributed by atoms with E-state index in [2.05, 4.69) is 22.0 Å². The lowest BCUT2D eigenvalue weighted by molar-refractivity contribution is -0.384. The highest BCUT2D eigenvalue weighted by molar-refractivity contribution is 9.10. The summed E-state index contributed by atoms with van der Waals surface area (Å²) < 4.78 is 17.5. The van der Waals surface area contributed by atoms with E-state index in [0.717, 1.165) is 5.70 Å². The van der Waals surface area contributed by atoms with Crippen molar-refractivity contribution in [3.63, 3.8) is 0 Å². The minimum atomic E-state index is -0.682. The second kappa shape index (κ2) is 11.7. The summed E-state index contributed by atoms with van der Waals surface area (Å²) in [4.78, 5) is 26.2. The molecule has 11 heteroatoms. The van der Waals surface area contributed by atoms with E-state index >= 15 is 0 Å². The maximum absolute atomic E-state index is 13.7. The molecule has 4 rings (SSSR count). The van der Waals surface area contributed by atoms with Crippen LogP contribution < -0.4 is 15.2 Å². The first-order valence-corrected chi connectivity index (χ1v) is 13.5. The predicted molar refractivity (Wildman–Crippen MR) is 151 cm³/mol. The Morgan fingerprint density at radius 2 is 2.00 bits per heavy atom. The number of ketones is 1. The molecule has 0 aromatic heterocycles. The molecule has 40 heavy (non-hydrogen) atoms. The minimum absolute atomic E-state index is 0.0278. The van der Waals surface area contributed by atoms with Gasteiger partial charge in [-0.3, -0.25) is 14.9 Å². The molecule has 1 aliphatic heterocycles. The third-order valence-electron chi connectivity index (χ3n) is 7.10. The van der Waals surface area contributed by atoms with Crippen LogP contribution in [0.4, 0.5) is 5.69 Å². The Bertz CT molecular complexity index is 1460. The summed E-state index contributed by atoms with van der Waals surface area (Å²) in [6.07, 6.45) is 0.970. The van der Waals surface area contributed by atoms with Gasteiger partial charge in [0.15, 0.2) is 17.3 Å². The van der Waals surface area contributed by atoms with Crippen molar-refractivity contribution in [2.24, 2.45) is 11.1 Å². The molecule has 0 saturated carbocycles. The zero-order valence-electron chi connectivity index (χ0n) is 22.8. The Morgan fingerprint density at radius 3 is 2.65 bits per heavy atom. The molecule has 0 amide bonds. The number of nitrogens with zero attached hydrogens (tertiary/aromatic N) is 3. The zero-order chi connectivity index (χ0) is 29.2. The number of rotatable bonds is 9. The van der Waals surface area contributed by atoms with Crippen LogP contribution in [0.15, 0.2) is 63.5 Å². The number of halogens is 1. The highest BCUT2D eigenvalue weighted by atomic mass is 79.9. The Labute approximate surface area is 241 Å². The van der Waals surface area contributed by atoms with E-state index in [0.29, 0.717) is 64.5 Å². The number of nitro benzene ring substituents is 1. The normalized spacial score (nSPS) is 18.4. The van der Waals surface area contributed by atoms with Crippen LogP contribution in [0.3, 0.4) is 0 Å². The van der Waals surface area contributed by atoms with Gasteiger partial charge in [0.25, 0.3) is 5.69 Å². The molecule has 2 aromatic rings. The molecular formula is C29H31BrN4O6. The number of carbonyl (C=O) groups excluding carboxylic acids is 1. The van der Waals surface area contributed by atoms with Crippen LogP contribution >= 0.6 is 15.9 Å². The average Bonchev–Trinajstić information content (AvgIpc) is 2.90. The Kier molecular flexibility index (Phi) is 8.51. The van der Waals surface area contributed by atoms with Crippen LogP contribution in [0.2, 0.25) is 0 Å². The van der Waals surface area contributed by atoms with Gasteiger partial charge in [-0.05, 0) is 51.0 Å². The van der Waals surface area contributed by atoms with Gasteiger partial charge >= 0.3 is 0 Å². The maximum atomic E-state index is 13.7. The minimum Gasteiger partial charge on any atom is -0.493 e. The molecule has 0 fully saturated rings. The first-order chi connectivity index (χ1) is 19.0. The maximum Gasteiger partial charge on any atom is 0.269 e. The van der Waals surface area contributed by atoms with E-state index in [-0.39, 0.29) is 29.1 Å². The van der Waals surface area contributed by atoms with E-state index < -0.39 is 10.8 Å². The zero-order valence-corrected chi connectivity index (χ0v) is 24.4.